The molecule has 2 aromatic carbocycles. The molecule has 2 atom stereocenters. The summed E-state index contributed by atoms with van der Waals surface area (Å²) in [5.41, 5.74) is -0.528. The van der Waals surface area contributed by atoms with E-state index >= 15 is 0 Å². The average Bonchev–Trinajstić information content (AvgIpc) is 3.37. The summed E-state index contributed by atoms with van der Waals surface area (Å²) in [6.45, 7) is 1.83. The molecule has 0 aromatic heterocycles. The standard InChI is InChI=1S/C27H26N4O8.ClH/c1-3-22-29(25(35)36)20-9-6-18-16-21(20)31(22,26(37)38)30(18)27(11-14-28(15-12-27)13-10-23(32)33)24(34)17-4-7-19(39-2)8-5-17;/h4-9,11-12,14-16,22H,3,10,13H2,1-2H3,(H2-,32,33,35,36,37,38);1H. The van der Waals surface area contributed by atoms with E-state index in [9.17, 15) is 29.4 Å². The second-order valence-corrected chi connectivity index (χ2v) is 9.39. The van der Waals surface area contributed by atoms with E-state index in [1.165, 1.54) is 24.3 Å². The molecular weight excluding hydrogens is 544 g/mol. The molecule has 3 aliphatic heterocycles. The lowest BCUT2D eigenvalue weighted by Gasteiger charge is -2.48. The summed E-state index contributed by atoms with van der Waals surface area (Å²) in [6, 6.07) is 11.2. The average molecular weight is 571 g/mol. The number of benzene rings is 2. The maximum atomic E-state index is 14.4. The summed E-state index contributed by atoms with van der Waals surface area (Å²) in [4.78, 5) is 53.8. The first kappa shape index (κ1) is 28.5. The van der Waals surface area contributed by atoms with Crippen molar-refractivity contribution in [3.8, 4) is 5.75 Å². The molecule has 2 bridgehead atoms. The normalized spacial score (nSPS) is 21.2. The van der Waals surface area contributed by atoms with Gasteiger partial charge in [-0.1, -0.05) is 11.5 Å². The Morgan fingerprint density at radius 1 is 1.00 bits per heavy atom. The molecule has 3 heterocycles. The number of methoxy groups -OCH3 is 1. The Labute approximate surface area is 235 Å². The second-order valence-electron chi connectivity index (χ2n) is 9.39. The summed E-state index contributed by atoms with van der Waals surface area (Å²) in [7, 11) is 1.50. The number of quaternary nitrogens is 1. The molecule has 0 saturated heterocycles. The van der Waals surface area contributed by atoms with Crippen LogP contribution in [0.3, 0.4) is 0 Å². The van der Waals surface area contributed by atoms with Gasteiger partial charge in [-0.3, -0.25) is 9.59 Å². The zero-order chi connectivity index (χ0) is 28.1. The molecule has 13 heteroatoms. The van der Waals surface area contributed by atoms with Gasteiger partial charge in [0.25, 0.3) is 0 Å². The number of anilines is 2. The smallest absolute Gasteiger partial charge is 0.546 e. The van der Waals surface area contributed by atoms with Crippen LogP contribution >= 0.6 is 0 Å². The van der Waals surface area contributed by atoms with Gasteiger partial charge in [-0.05, 0) is 48.6 Å². The van der Waals surface area contributed by atoms with Gasteiger partial charge >= 0.3 is 18.2 Å². The van der Waals surface area contributed by atoms with Crippen LogP contribution in [0.25, 0.3) is 0 Å². The largest absolute Gasteiger partial charge is 1.00 e. The number of carboxylic acids is 1. The molecule has 0 saturated carbocycles. The number of nitrogens with zero attached hydrogens (tertiary/aromatic N) is 4. The number of halogens is 1. The van der Waals surface area contributed by atoms with E-state index in [0.717, 1.165) is 4.90 Å². The topological polar surface area (TPSA) is 148 Å². The Morgan fingerprint density at radius 3 is 2.17 bits per heavy atom. The fourth-order valence-electron chi connectivity index (χ4n) is 5.76. The molecule has 40 heavy (non-hydrogen) atoms. The monoisotopic (exact) mass is 570 g/mol. The molecule has 0 fully saturated rings. The van der Waals surface area contributed by atoms with Crippen LogP contribution in [-0.2, 0) is 4.79 Å². The van der Waals surface area contributed by atoms with Crippen molar-refractivity contribution in [1.29, 1.82) is 0 Å². The number of Topliss-reactive ketones (excluding diaryl/α,β-unsaturated/α-hetero) is 1. The van der Waals surface area contributed by atoms with Crippen molar-refractivity contribution in [2.24, 2.45) is 0 Å². The van der Waals surface area contributed by atoms with Gasteiger partial charge in [0.05, 0.1) is 19.2 Å². The van der Waals surface area contributed by atoms with Gasteiger partial charge < -0.3 is 37.4 Å². The van der Waals surface area contributed by atoms with Crippen molar-refractivity contribution >= 4 is 41.0 Å². The van der Waals surface area contributed by atoms with Gasteiger partial charge in [-0.25, -0.2) is 9.69 Å². The van der Waals surface area contributed by atoms with Gasteiger partial charge in [0.15, 0.2) is 11.2 Å². The number of amides is 2. The van der Waals surface area contributed by atoms with Gasteiger partial charge in [-0.15, -0.1) is 0 Å². The highest BCUT2D eigenvalue weighted by Crippen LogP contribution is 2.57. The number of aliphatic carboxylic acids is 1. The molecule has 2 unspecified atom stereocenters. The lowest BCUT2D eigenvalue weighted by atomic mass is 9.86. The summed E-state index contributed by atoms with van der Waals surface area (Å²) >= 11 is 0. The van der Waals surface area contributed by atoms with Crippen molar-refractivity contribution < 1.29 is 51.6 Å². The molecule has 2 amide bonds. The first-order chi connectivity index (χ1) is 18.6. The van der Waals surface area contributed by atoms with E-state index in [-0.39, 0.29) is 48.7 Å². The Hall–Kier alpha value is -4.55. The highest BCUT2D eigenvalue weighted by molar-refractivity contribution is 6.13. The fraction of sp³-hybridized carbons (Fsp3) is 0.259. The Morgan fingerprint density at radius 2 is 1.65 bits per heavy atom. The highest BCUT2D eigenvalue weighted by atomic mass is 35.5. The molecule has 3 aliphatic rings. The van der Waals surface area contributed by atoms with E-state index < -0.39 is 40.2 Å². The quantitative estimate of drug-likeness (QED) is 0.311. The number of ether oxygens (including phenoxy) is 1. The van der Waals surface area contributed by atoms with Crippen LogP contribution in [0.5, 0.6) is 5.75 Å². The zero-order valence-corrected chi connectivity index (χ0v) is 22.4. The molecule has 210 valence electrons. The van der Waals surface area contributed by atoms with Gasteiger partial charge in [0.2, 0.25) is 11.9 Å². The van der Waals surface area contributed by atoms with Crippen LogP contribution in [0.15, 0.2) is 67.0 Å². The number of fused-ring (bicyclic) bond motifs is 1. The van der Waals surface area contributed by atoms with E-state index in [2.05, 4.69) is 0 Å². The van der Waals surface area contributed by atoms with Crippen molar-refractivity contribution in [2.75, 3.05) is 23.6 Å². The predicted octanol–water partition coefficient (Wildman–Crippen LogP) is 1.09. The highest BCUT2D eigenvalue weighted by Gasteiger charge is 2.70. The van der Waals surface area contributed by atoms with Crippen molar-refractivity contribution in [1.82, 2.24) is 9.49 Å². The summed E-state index contributed by atoms with van der Waals surface area (Å²) in [5, 5.41) is 31.5. The van der Waals surface area contributed by atoms with Crippen molar-refractivity contribution in [3.63, 3.8) is 0 Å². The molecule has 2 aromatic rings. The van der Waals surface area contributed by atoms with E-state index in [4.69, 9.17) is 9.84 Å². The summed E-state index contributed by atoms with van der Waals surface area (Å²) < 4.78 is 4.28. The first-order valence-electron chi connectivity index (χ1n) is 12.3. The molecule has 3 N–H and O–H groups in total. The number of carboxylic acid groups (broad SMARTS) is 3. The van der Waals surface area contributed by atoms with Crippen LogP contribution in [0.4, 0.5) is 26.7 Å². The Balaban J connectivity index is 0.00000370. The fourth-order valence-corrected chi connectivity index (χ4v) is 5.76. The molecular formula is C27H27ClN4O8. The number of hydrogen-bond acceptors (Lipinski definition) is 7. The maximum Gasteiger partial charge on any atom is 0.546 e. The number of hydrogen-bond donors (Lipinski definition) is 3. The van der Waals surface area contributed by atoms with Gasteiger partial charge in [0.1, 0.15) is 11.4 Å². The maximum absolute atomic E-state index is 14.4. The predicted molar refractivity (Wildman–Crippen MR) is 141 cm³/mol. The number of carbonyl (C=O) groups is 4. The molecule has 0 radical (unpaired) electrons. The van der Waals surface area contributed by atoms with E-state index in [0.29, 0.717) is 11.4 Å². The Kier molecular flexibility index (Phi) is 7.26. The minimum atomic E-state index is -1.71. The molecule has 0 spiro atoms. The minimum Gasteiger partial charge on any atom is -1.00 e. The lowest BCUT2D eigenvalue weighted by Crippen LogP contribution is -3.00. The van der Waals surface area contributed by atoms with Crippen LogP contribution < -0.4 is 31.6 Å². The van der Waals surface area contributed by atoms with Crippen molar-refractivity contribution in [3.05, 3.63) is 72.6 Å². The Bertz CT molecular complexity index is 1430. The summed E-state index contributed by atoms with van der Waals surface area (Å²) in [5.74, 6) is -0.913. The molecule has 12 nitrogen and oxygen atoms in total. The van der Waals surface area contributed by atoms with Gasteiger partial charge in [0, 0.05) is 37.0 Å². The van der Waals surface area contributed by atoms with Crippen LogP contribution in [-0.4, -0.2) is 69.5 Å². The van der Waals surface area contributed by atoms with Gasteiger partial charge in [-0.2, -0.15) is 9.80 Å². The van der Waals surface area contributed by atoms with E-state index in [1.54, 1.807) is 66.7 Å². The number of rotatable bonds is 8. The van der Waals surface area contributed by atoms with Crippen molar-refractivity contribution in [2.45, 2.75) is 31.5 Å². The van der Waals surface area contributed by atoms with Crippen LogP contribution in [0.1, 0.15) is 30.1 Å². The van der Waals surface area contributed by atoms with Crippen LogP contribution in [0.2, 0.25) is 0 Å². The van der Waals surface area contributed by atoms with Crippen LogP contribution in [0, 0.1) is 0 Å². The number of ketones is 1. The third-order valence-electron chi connectivity index (χ3n) is 7.43. The van der Waals surface area contributed by atoms with E-state index in [1.807, 2.05) is 0 Å². The zero-order valence-electron chi connectivity index (χ0n) is 21.6. The molecule has 5 rings (SSSR count). The third kappa shape index (κ3) is 3.87. The lowest BCUT2D eigenvalue weighted by molar-refractivity contribution is -0.137. The SMILES string of the molecule is CCC1N(C(=O)O)c2ccc3cc2[N+]1(C(=O)O)N3C1(C(=O)c2ccc(OC)cc2)C=CN(CCC(=O)O)C=C1.[Cl-]. The number of carbonyl (C=O) groups excluding carboxylic acids is 1. The first-order valence-corrected chi connectivity index (χ1v) is 12.3. The molecule has 0 aliphatic carbocycles. The summed E-state index contributed by atoms with van der Waals surface area (Å²) in [6.07, 6.45) is 2.44. The second kappa shape index (κ2) is 10.2. The third-order valence-corrected chi connectivity index (χ3v) is 7.43. The minimum absolute atomic E-state index is 0.